The molecular formula is C14H9N3O2. The van der Waals surface area contributed by atoms with E-state index in [2.05, 4.69) is 15.0 Å². The highest BCUT2D eigenvalue weighted by atomic mass is 16.4. The van der Waals surface area contributed by atoms with Crippen LogP contribution in [0.1, 0.15) is 10.4 Å². The fourth-order valence-corrected chi connectivity index (χ4v) is 1.80. The van der Waals surface area contributed by atoms with E-state index in [1.54, 1.807) is 30.7 Å². The van der Waals surface area contributed by atoms with E-state index in [1.165, 1.54) is 6.07 Å². The number of hydrogen-bond acceptors (Lipinski definition) is 4. The largest absolute Gasteiger partial charge is 0.478 e. The average Bonchev–Trinajstić information content (AvgIpc) is 2.47. The summed E-state index contributed by atoms with van der Waals surface area (Å²) in [5, 5.41) is 9.63. The minimum Gasteiger partial charge on any atom is -0.478 e. The maximum absolute atomic E-state index is 10.9. The molecule has 5 nitrogen and oxygen atoms in total. The minimum absolute atomic E-state index is 0.227. The standard InChI is InChI=1S/C14H9N3O2/c18-14(19)9-3-4-12-11(6-9)8-16-13(17-12)10-2-1-5-15-7-10/h1-8H,(H,18,19). The van der Waals surface area contributed by atoms with Gasteiger partial charge >= 0.3 is 5.97 Å². The molecule has 2 aromatic heterocycles. The van der Waals surface area contributed by atoms with Crippen molar-refractivity contribution in [3.63, 3.8) is 0 Å². The summed E-state index contributed by atoms with van der Waals surface area (Å²) in [6, 6.07) is 8.46. The van der Waals surface area contributed by atoms with Gasteiger partial charge in [-0.05, 0) is 30.3 Å². The summed E-state index contributed by atoms with van der Waals surface area (Å²) < 4.78 is 0. The van der Waals surface area contributed by atoms with Crippen molar-refractivity contribution in [2.45, 2.75) is 0 Å². The molecule has 0 spiro atoms. The SMILES string of the molecule is O=C(O)c1ccc2nc(-c3cccnc3)ncc2c1. The van der Waals surface area contributed by atoms with E-state index in [-0.39, 0.29) is 5.56 Å². The van der Waals surface area contributed by atoms with Gasteiger partial charge in [-0.2, -0.15) is 0 Å². The lowest BCUT2D eigenvalue weighted by atomic mass is 10.1. The Bertz CT molecular complexity index is 757. The van der Waals surface area contributed by atoms with E-state index < -0.39 is 5.97 Å². The second-order valence-electron chi connectivity index (χ2n) is 4.01. The number of rotatable bonds is 2. The molecule has 0 saturated heterocycles. The zero-order chi connectivity index (χ0) is 13.2. The predicted octanol–water partition coefficient (Wildman–Crippen LogP) is 2.39. The van der Waals surface area contributed by atoms with Crippen LogP contribution in [0, 0.1) is 0 Å². The van der Waals surface area contributed by atoms with Crippen molar-refractivity contribution < 1.29 is 9.90 Å². The van der Waals surface area contributed by atoms with Crippen LogP contribution in [0.2, 0.25) is 0 Å². The zero-order valence-electron chi connectivity index (χ0n) is 9.82. The Labute approximate surface area is 108 Å². The van der Waals surface area contributed by atoms with Gasteiger partial charge in [-0.1, -0.05) is 0 Å². The number of aromatic carboxylic acids is 1. The summed E-state index contributed by atoms with van der Waals surface area (Å²) in [6.45, 7) is 0. The monoisotopic (exact) mass is 251 g/mol. The first-order valence-corrected chi connectivity index (χ1v) is 5.64. The normalized spacial score (nSPS) is 10.5. The summed E-state index contributed by atoms with van der Waals surface area (Å²) in [5.74, 6) is -0.387. The van der Waals surface area contributed by atoms with Crippen LogP contribution in [0.15, 0.2) is 48.9 Å². The smallest absolute Gasteiger partial charge is 0.335 e. The number of benzene rings is 1. The van der Waals surface area contributed by atoms with Crippen molar-refractivity contribution in [3.05, 3.63) is 54.5 Å². The van der Waals surface area contributed by atoms with Crippen LogP contribution in [-0.4, -0.2) is 26.0 Å². The molecule has 1 N–H and O–H groups in total. The van der Waals surface area contributed by atoms with Gasteiger partial charge in [0, 0.05) is 29.5 Å². The molecular weight excluding hydrogens is 242 g/mol. The van der Waals surface area contributed by atoms with E-state index in [9.17, 15) is 4.79 Å². The number of hydrogen-bond donors (Lipinski definition) is 1. The molecule has 2 heterocycles. The molecule has 0 aliphatic heterocycles. The first-order chi connectivity index (χ1) is 9.24. The van der Waals surface area contributed by atoms with Crippen LogP contribution >= 0.6 is 0 Å². The van der Waals surface area contributed by atoms with Gasteiger partial charge in [-0.3, -0.25) is 4.98 Å². The van der Waals surface area contributed by atoms with Gasteiger partial charge in [-0.25, -0.2) is 14.8 Å². The van der Waals surface area contributed by atoms with Crippen molar-refractivity contribution in [1.82, 2.24) is 15.0 Å². The van der Waals surface area contributed by atoms with E-state index in [1.807, 2.05) is 12.1 Å². The zero-order valence-corrected chi connectivity index (χ0v) is 9.82. The number of aromatic nitrogens is 3. The molecule has 0 unspecified atom stereocenters. The molecule has 0 fully saturated rings. The number of carbonyl (C=O) groups is 1. The van der Waals surface area contributed by atoms with Gasteiger partial charge in [0.15, 0.2) is 5.82 Å². The number of nitrogens with zero attached hydrogens (tertiary/aromatic N) is 3. The topological polar surface area (TPSA) is 76.0 Å². The molecule has 0 bridgehead atoms. The minimum atomic E-state index is -0.960. The van der Waals surface area contributed by atoms with E-state index in [0.29, 0.717) is 16.7 Å². The number of carboxylic acids is 1. The molecule has 3 rings (SSSR count). The molecule has 0 radical (unpaired) electrons. The number of carboxylic acid groups (broad SMARTS) is 1. The van der Waals surface area contributed by atoms with Crippen LogP contribution in [0.3, 0.4) is 0 Å². The highest BCUT2D eigenvalue weighted by molar-refractivity contribution is 5.93. The van der Waals surface area contributed by atoms with Gasteiger partial charge < -0.3 is 5.11 Å². The van der Waals surface area contributed by atoms with Crippen LogP contribution in [-0.2, 0) is 0 Å². The van der Waals surface area contributed by atoms with E-state index in [0.717, 1.165) is 5.56 Å². The lowest BCUT2D eigenvalue weighted by Crippen LogP contribution is -1.97. The van der Waals surface area contributed by atoms with Crippen LogP contribution in [0.25, 0.3) is 22.3 Å². The Kier molecular flexibility index (Phi) is 2.64. The molecule has 19 heavy (non-hydrogen) atoms. The van der Waals surface area contributed by atoms with Crippen molar-refractivity contribution >= 4 is 16.9 Å². The van der Waals surface area contributed by atoms with Crippen LogP contribution in [0.4, 0.5) is 0 Å². The average molecular weight is 251 g/mol. The number of fused-ring (bicyclic) bond motifs is 1. The fourth-order valence-electron chi connectivity index (χ4n) is 1.80. The summed E-state index contributed by atoms with van der Waals surface area (Å²) in [7, 11) is 0. The highest BCUT2D eigenvalue weighted by Crippen LogP contribution is 2.18. The Morgan fingerprint density at radius 2 is 2.05 bits per heavy atom. The first-order valence-electron chi connectivity index (χ1n) is 5.64. The van der Waals surface area contributed by atoms with Gasteiger partial charge in [0.1, 0.15) is 0 Å². The number of pyridine rings is 1. The van der Waals surface area contributed by atoms with E-state index in [4.69, 9.17) is 5.11 Å². The van der Waals surface area contributed by atoms with Crippen LogP contribution in [0.5, 0.6) is 0 Å². The molecule has 0 aliphatic rings. The predicted molar refractivity (Wildman–Crippen MR) is 69.7 cm³/mol. The summed E-state index contributed by atoms with van der Waals surface area (Å²) in [6.07, 6.45) is 4.99. The maximum atomic E-state index is 10.9. The molecule has 0 saturated carbocycles. The third-order valence-electron chi connectivity index (χ3n) is 2.75. The van der Waals surface area contributed by atoms with Gasteiger partial charge in [0.2, 0.25) is 0 Å². The molecule has 5 heteroatoms. The quantitative estimate of drug-likeness (QED) is 0.756. The van der Waals surface area contributed by atoms with Gasteiger partial charge in [-0.15, -0.1) is 0 Å². The maximum Gasteiger partial charge on any atom is 0.335 e. The molecule has 1 aromatic carbocycles. The summed E-state index contributed by atoms with van der Waals surface area (Å²) in [4.78, 5) is 23.5. The molecule has 0 amide bonds. The van der Waals surface area contributed by atoms with E-state index >= 15 is 0 Å². The Balaban J connectivity index is 2.12. The molecule has 92 valence electrons. The van der Waals surface area contributed by atoms with Crippen molar-refractivity contribution in [1.29, 1.82) is 0 Å². The summed E-state index contributed by atoms with van der Waals surface area (Å²) >= 11 is 0. The van der Waals surface area contributed by atoms with Crippen molar-refractivity contribution in [3.8, 4) is 11.4 Å². The lowest BCUT2D eigenvalue weighted by Gasteiger charge is -2.02. The summed E-state index contributed by atoms with van der Waals surface area (Å²) in [5.41, 5.74) is 1.76. The Morgan fingerprint density at radius 1 is 1.16 bits per heavy atom. The lowest BCUT2D eigenvalue weighted by molar-refractivity contribution is 0.0697. The third-order valence-corrected chi connectivity index (χ3v) is 2.75. The van der Waals surface area contributed by atoms with Gasteiger partial charge in [0.25, 0.3) is 0 Å². The Hall–Kier alpha value is -2.82. The second kappa shape index (κ2) is 4.45. The first kappa shape index (κ1) is 11.3. The highest BCUT2D eigenvalue weighted by Gasteiger charge is 2.06. The molecule has 0 aliphatic carbocycles. The third kappa shape index (κ3) is 2.13. The molecule has 3 aromatic rings. The second-order valence-corrected chi connectivity index (χ2v) is 4.01. The fraction of sp³-hybridized carbons (Fsp3) is 0. The Morgan fingerprint density at radius 3 is 2.79 bits per heavy atom. The van der Waals surface area contributed by atoms with Crippen molar-refractivity contribution in [2.24, 2.45) is 0 Å². The van der Waals surface area contributed by atoms with Gasteiger partial charge in [0.05, 0.1) is 11.1 Å². The molecule has 0 atom stereocenters. The van der Waals surface area contributed by atoms with Crippen molar-refractivity contribution in [2.75, 3.05) is 0 Å². The van der Waals surface area contributed by atoms with Crippen LogP contribution < -0.4 is 0 Å².